The molecule has 1 N–H and O–H groups in total. The number of benzene rings is 1. The van der Waals surface area contributed by atoms with E-state index >= 15 is 0 Å². The van der Waals surface area contributed by atoms with E-state index in [1.807, 2.05) is 24.3 Å². The maximum atomic E-state index is 12.4. The predicted octanol–water partition coefficient (Wildman–Crippen LogP) is 2.86. The second-order valence-electron chi connectivity index (χ2n) is 5.19. The highest BCUT2D eigenvalue weighted by atomic mass is 16.5. The highest BCUT2D eigenvalue weighted by Gasteiger charge is 2.21. The van der Waals surface area contributed by atoms with Crippen LogP contribution in [-0.2, 0) is 9.53 Å². The highest BCUT2D eigenvalue weighted by molar-refractivity contribution is 5.99. The zero-order valence-corrected chi connectivity index (χ0v) is 13.1. The molecule has 0 spiro atoms. The van der Waals surface area contributed by atoms with Gasteiger partial charge in [0.25, 0.3) is 5.91 Å². The van der Waals surface area contributed by atoms with Gasteiger partial charge in [-0.3, -0.25) is 9.78 Å². The third-order valence-corrected chi connectivity index (χ3v) is 3.54. The molecule has 0 aliphatic heterocycles. The van der Waals surface area contributed by atoms with Crippen LogP contribution in [-0.4, -0.2) is 30.0 Å². The van der Waals surface area contributed by atoms with Crippen LogP contribution in [0.4, 0.5) is 0 Å². The zero-order valence-electron chi connectivity index (χ0n) is 13.1. The van der Waals surface area contributed by atoms with E-state index in [1.165, 1.54) is 13.3 Å². The molecule has 0 aliphatic rings. The largest absolute Gasteiger partial charge is 0.467 e. The average Bonchev–Trinajstić information content (AvgIpc) is 2.59. The van der Waals surface area contributed by atoms with Gasteiger partial charge in [0.15, 0.2) is 0 Å². The summed E-state index contributed by atoms with van der Waals surface area (Å²) in [4.78, 5) is 28.4. The van der Waals surface area contributed by atoms with Crippen molar-refractivity contribution in [2.75, 3.05) is 7.11 Å². The fourth-order valence-corrected chi connectivity index (χ4v) is 2.29. The van der Waals surface area contributed by atoms with Crippen LogP contribution in [0.5, 0.6) is 0 Å². The Morgan fingerprint density at radius 2 is 2.17 bits per heavy atom. The van der Waals surface area contributed by atoms with Gasteiger partial charge in [0.1, 0.15) is 6.04 Å². The van der Waals surface area contributed by atoms with Crippen molar-refractivity contribution in [3.63, 3.8) is 0 Å². The molecular weight excluding hydrogens is 292 g/mol. The molecule has 1 atom stereocenters. The van der Waals surface area contributed by atoms with Crippen LogP contribution in [0.15, 0.2) is 49.2 Å². The Morgan fingerprint density at radius 1 is 1.39 bits per heavy atom. The summed E-state index contributed by atoms with van der Waals surface area (Å²) in [7, 11) is 1.31. The van der Waals surface area contributed by atoms with E-state index in [2.05, 4.69) is 16.9 Å². The summed E-state index contributed by atoms with van der Waals surface area (Å²) in [6.07, 6.45) is 5.32. The lowest BCUT2D eigenvalue weighted by atomic mass is 10.1. The van der Waals surface area contributed by atoms with E-state index in [0.717, 1.165) is 23.7 Å². The molecule has 1 amide bonds. The first-order valence-corrected chi connectivity index (χ1v) is 7.50. The standard InChI is InChI=1S/C18H20N2O3/c1-3-4-5-10-16(18(22)23-2)20-17(21)14-11-13-8-6-7-9-15(13)19-12-14/h3,6-9,11-12,16H,1,4-5,10H2,2H3,(H,20,21)/t16-/m0/s1. The van der Waals surface area contributed by atoms with E-state index < -0.39 is 12.0 Å². The first-order chi connectivity index (χ1) is 11.2. The SMILES string of the molecule is C=CCCC[C@H](NC(=O)c1cnc2ccccc2c1)C(=O)OC. The highest BCUT2D eigenvalue weighted by Crippen LogP contribution is 2.13. The van der Waals surface area contributed by atoms with Gasteiger partial charge in [-0.25, -0.2) is 4.79 Å². The number of ether oxygens (including phenoxy) is 1. The number of nitrogens with zero attached hydrogens (tertiary/aromatic N) is 1. The number of aromatic nitrogens is 1. The van der Waals surface area contributed by atoms with Crippen molar-refractivity contribution in [1.29, 1.82) is 0 Å². The lowest BCUT2D eigenvalue weighted by Gasteiger charge is -2.16. The first kappa shape index (κ1) is 16.7. The molecule has 120 valence electrons. The van der Waals surface area contributed by atoms with Gasteiger partial charge in [-0.15, -0.1) is 6.58 Å². The minimum Gasteiger partial charge on any atom is -0.467 e. The molecule has 0 saturated carbocycles. The Balaban J connectivity index is 2.12. The number of esters is 1. The number of hydrogen-bond acceptors (Lipinski definition) is 4. The van der Waals surface area contributed by atoms with E-state index in [9.17, 15) is 9.59 Å². The summed E-state index contributed by atoms with van der Waals surface area (Å²) in [6.45, 7) is 3.65. The number of methoxy groups -OCH3 is 1. The van der Waals surface area contributed by atoms with Gasteiger partial charge in [-0.2, -0.15) is 0 Å². The Kier molecular flexibility index (Phi) is 5.86. The molecule has 5 nitrogen and oxygen atoms in total. The molecule has 0 saturated heterocycles. The van der Waals surface area contributed by atoms with Gasteiger partial charge in [0.05, 0.1) is 18.2 Å². The van der Waals surface area contributed by atoms with Gasteiger partial charge in [0.2, 0.25) is 0 Å². The predicted molar refractivity (Wildman–Crippen MR) is 89.1 cm³/mol. The molecule has 0 bridgehead atoms. The second kappa shape index (κ2) is 8.08. The molecular formula is C18H20N2O3. The van der Waals surface area contributed by atoms with Crippen LogP contribution >= 0.6 is 0 Å². The molecule has 0 unspecified atom stereocenters. The van der Waals surface area contributed by atoms with Gasteiger partial charge in [-0.1, -0.05) is 24.3 Å². The number of pyridine rings is 1. The number of amides is 1. The van der Waals surface area contributed by atoms with E-state index in [4.69, 9.17) is 4.74 Å². The summed E-state index contributed by atoms with van der Waals surface area (Å²) >= 11 is 0. The van der Waals surface area contributed by atoms with Crippen molar-refractivity contribution in [2.45, 2.75) is 25.3 Å². The average molecular weight is 312 g/mol. The number of rotatable bonds is 7. The number of hydrogen-bond donors (Lipinski definition) is 1. The topological polar surface area (TPSA) is 68.3 Å². The quantitative estimate of drug-likeness (QED) is 0.485. The van der Waals surface area contributed by atoms with Crippen molar-refractivity contribution >= 4 is 22.8 Å². The molecule has 1 heterocycles. The zero-order chi connectivity index (χ0) is 16.7. The molecule has 5 heteroatoms. The molecule has 0 radical (unpaired) electrons. The monoisotopic (exact) mass is 312 g/mol. The number of carbonyl (C=O) groups is 2. The van der Waals surface area contributed by atoms with Gasteiger partial charge >= 0.3 is 5.97 Å². The van der Waals surface area contributed by atoms with Crippen LogP contribution in [0.1, 0.15) is 29.6 Å². The van der Waals surface area contributed by atoms with E-state index in [0.29, 0.717) is 12.0 Å². The molecule has 2 rings (SSSR count). The molecule has 2 aromatic rings. The molecule has 1 aromatic carbocycles. The Labute approximate surface area is 135 Å². The van der Waals surface area contributed by atoms with Gasteiger partial charge in [0, 0.05) is 11.6 Å². The van der Waals surface area contributed by atoms with Gasteiger partial charge < -0.3 is 10.1 Å². The maximum absolute atomic E-state index is 12.4. The molecule has 1 aromatic heterocycles. The number of carbonyl (C=O) groups excluding carboxylic acids is 2. The Morgan fingerprint density at radius 3 is 2.91 bits per heavy atom. The number of unbranched alkanes of at least 4 members (excludes halogenated alkanes) is 1. The summed E-state index contributed by atoms with van der Waals surface area (Å²) in [5.74, 6) is -0.784. The molecule has 0 fully saturated rings. The van der Waals surface area contributed by atoms with E-state index in [-0.39, 0.29) is 5.91 Å². The smallest absolute Gasteiger partial charge is 0.328 e. The minimum absolute atomic E-state index is 0.336. The van der Waals surface area contributed by atoms with Crippen LogP contribution in [0, 0.1) is 0 Å². The minimum atomic E-state index is -0.668. The van der Waals surface area contributed by atoms with Crippen molar-refractivity contribution in [3.05, 3.63) is 54.7 Å². The fourth-order valence-electron chi connectivity index (χ4n) is 2.29. The van der Waals surface area contributed by atoms with Crippen LogP contribution in [0.25, 0.3) is 10.9 Å². The Hall–Kier alpha value is -2.69. The van der Waals surface area contributed by atoms with E-state index in [1.54, 1.807) is 12.1 Å². The van der Waals surface area contributed by atoms with Crippen LogP contribution in [0.2, 0.25) is 0 Å². The summed E-state index contributed by atoms with van der Waals surface area (Å²) < 4.78 is 4.75. The summed E-state index contributed by atoms with van der Waals surface area (Å²) in [5.41, 5.74) is 1.24. The molecule has 0 aliphatic carbocycles. The number of nitrogens with one attached hydrogen (secondary N) is 1. The fraction of sp³-hybridized carbons (Fsp3) is 0.278. The number of fused-ring (bicyclic) bond motifs is 1. The second-order valence-corrected chi connectivity index (χ2v) is 5.19. The third-order valence-electron chi connectivity index (χ3n) is 3.54. The Bertz CT molecular complexity index is 712. The first-order valence-electron chi connectivity index (χ1n) is 7.50. The van der Waals surface area contributed by atoms with Crippen molar-refractivity contribution in [2.24, 2.45) is 0 Å². The number of para-hydroxylation sites is 1. The van der Waals surface area contributed by atoms with Gasteiger partial charge in [-0.05, 0) is 31.4 Å². The van der Waals surface area contributed by atoms with Crippen molar-refractivity contribution in [1.82, 2.24) is 10.3 Å². The number of allylic oxidation sites excluding steroid dienone is 1. The summed E-state index contributed by atoms with van der Waals surface area (Å²) in [6, 6.07) is 8.64. The third kappa shape index (κ3) is 4.39. The van der Waals surface area contributed by atoms with Crippen molar-refractivity contribution < 1.29 is 14.3 Å². The van der Waals surface area contributed by atoms with Crippen molar-refractivity contribution in [3.8, 4) is 0 Å². The van der Waals surface area contributed by atoms with Crippen LogP contribution in [0.3, 0.4) is 0 Å². The normalized spacial score (nSPS) is 11.7. The lowest BCUT2D eigenvalue weighted by Crippen LogP contribution is -2.41. The molecule has 23 heavy (non-hydrogen) atoms. The maximum Gasteiger partial charge on any atom is 0.328 e. The van der Waals surface area contributed by atoms with Crippen LogP contribution < -0.4 is 5.32 Å². The summed E-state index contributed by atoms with van der Waals surface area (Å²) in [5, 5.41) is 3.60. The lowest BCUT2D eigenvalue weighted by molar-refractivity contribution is -0.143.